The van der Waals surface area contributed by atoms with Gasteiger partial charge >= 0.3 is 5.97 Å². The minimum absolute atomic E-state index is 0.198. The first-order chi connectivity index (χ1) is 5.65. The topological polar surface area (TPSA) is 95.1 Å². The van der Waals surface area contributed by atoms with Crippen molar-refractivity contribution in [1.29, 1.82) is 4.78 Å². The van der Waals surface area contributed by atoms with Gasteiger partial charge in [-0.2, -0.15) is 8.80 Å². The van der Waals surface area contributed by atoms with E-state index in [0.717, 1.165) is 0 Å². The summed E-state index contributed by atoms with van der Waals surface area (Å²) < 4.78 is 19.0. The van der Waals surface area contributed by atoms with Gasteiger partial charge in [-0.3, -0.25) is 0 Å². The summed E-state index contributed by atoms with van der Waals surface area (Å²) in [5.74, 6) is -1.12. The summed E-state index contributed by atoms with van der Waals surface area (Å²) in [5, 5.41) is 8.59. The molecule has 0 fully saturated rings. The highest BCUT2D eigenvalue weighted by Gasteiger charge is 2.24. The Morgan fingerprint density at radius 2 is 2.58 bits per heavy atom. The molecule has 0 saturated heterocycles. The number of rotatable bonds is 3. The van der Waals surface area contributed by atoms with E-state index in [-0.39, 0.29) is 5.71 Å². The summed E-state index contributed by atoms with van der Waals surface area (Å²) in [6.07, 6.45) is 0.162. The summed E-state index contributed by atoms with van der Waals surface area (Å²) in [6.45, 7) is 0. The number of aliphatic carboxylic acids is 1. The van der Waals surface area contributed by atoms with Crippen LogP contribution in [0.1, 0.15) is 0 Å². The lowest BCUT2D eigenvalue weighted by molar-refractivity contribution is -0.144. The normalized spacial score (nSPS) is 23.8. The van der Waals surface area contributed by atoms with Crippen LogP contribution in [-0.2, 0) is 20.6 Å². The van der Waals surface area contributed by atoms with Gasteiger partial charge in [-0.25, -0.2) is 9.57 Å². The van der Waals surface area contributed by atoms with Crippen LogP contribution in [0.15, 0.2) is 8.80 Å². The van der Waals surface area contributed by atoms with Crippen molar-refractivity contribution in [3.8, 4) is 0 Å². The fourth-order valence-electron chi connectivity index (χ4n) is 0.715. The van der Waals surface area contributed by atoms with Crippen molar-refractivity contribution in [1.82, 2.24) is 0 Å². The monoisotopic (exact) mass is 189 g/mol. The molecule has 0 spiro atoms. The molecule has 2 N–H and O–H groups in total. The largest absolute Gasteiger partial charge is 0.479 e. The van der Waals surface area contributed by atoms with Crippen molar-refractivity contribution in [2.24, 2.45) is 8.80 Å². The second kappa shape index (κ2) is 3.55. The number of methoxy groups -OCH3 is 1. The summed E-state index contributed by atoms with van der Waals surface area (Å²) in [5.41, 5.74) is 0.198. The molecule has 0 radical (unpaired) electrons. The maximum atomic E-state index is 10.5. The van der Waals surface area contributed by atoms with E-state index < -0.39 is 23.1 Å². The van der Waals surface area contributed by atoms with Gasteiger partial charge in [0.05, 0.1) is 6.21 Å². The second-order valence-electron chi connectivity index (χ2n) is 1.97. The van der Waals surface area contributed by atoms with Crippen molar-refractivity contribution in [3.63, 3.8) is 0 Å². The van der Waals surface area contributed by atoms with Crippen LogP contribution >= 0.6 is 0 Å². The van der Waals surface area contributed by atoms with Crippen LogP contribution in [0.4, 0.5) is 0 Å². The Hall–Kier alpha value is -1.08. The predicted molar refractivity (Wildman–Crippen MR) is 44.4 cm³/mol. The van der Waals surface area contributed by atoms with Crippen LogP contribution < -0.4 is 0 Å². The van der Waals surface area contributed by atoms with Crippen LogP contribution in [-0.4, -0.2) is 36.2 Å². The lowest BCUT2D eigenvalue weighted by atomic mass is 10.2. The predicted octanol–water partition coefficient (Wildman–Crippen LogP) is -0.178. The van der Waals surface area contributed by atoms with Crippen LogP contribution in [0, 0.1) is 4.78 Å². The number of nitrogens with zero attached hydrogens (tertiary/aromatic N) is 2. The highest BCUT2D eigenvalue weighted by molar-refractivity contribution is 7.84. The smallest absolute Gasteiger partial charge is 0.339 e. The zero-order valence-corrected chi connectivity index (χ0v) is 7.04. The third-order valence-corrected chi connectivity index (χ3v) is 1.89. The summed E-state index contributed by atoms with van der Waals surface area (Å²) in [6, 6.07) is 0. The van der Waals surface area contributed by atoms with Gasteiger partial charge in [0.2, 0.25) is 0 Å². The van der Waals surface area contributed by atoms with E-state index in [4.69, 9.17) is 9.89 Å². The summed E-state index contributed by atoms with van der Waals surface area (Å²) >= 11 is -1.18. The quantitative estimate of drug-likeness (QED) is 0.644. The van der Waals surface area contributed by atoms with Crippen molar-refractivity contribution in [2.45, 2.75) is 6.10 Å². The van der Waals surface area contributed by atoms with Crippen LogP contribution in [0.5, 0.6) is 0 Å². The van der Waals surface area contributed by atoms with Gasteiger partial charge in [0.25, 0.3) is 0 Å². The van der Waals surface area contributed by atoms with E-state index in [2.05, 4.69) is 13.5 Å². The average molecular weight is 189 g/mol. The first-order valence-corrected chi connectivity index (χ1v) is 4.13. The number of ether oxygens (including phenoxy) is 1. The Kier molecular flexibility index (Phi) is 2.66. The molecule has 2 atom stereocenters. The average Bonchev–Trinajstić information content (AvgIpc) is 2.37. The molecule has 1 aliphatic heterocycles. The van der Waals surface area contributed by atoms with Crippen LogP contribution in [0.3, 0.4) is 0 Å². The van der Waals surface area contributed by atoms with E-state index in [1.165, 1.54) is 13.3 Å². The van der Waals surface area contributed by atoms with Gasteiger partial charge in [0, 0.05) is 7.11 Å². The van der Waals surface area contributed by atoms with Gasteiger partial charge in [0.15, 0.2) is 6.10 Å². The molecule has 0 aromatic rings. The number of carboxylic acids is 1. The molecule has 7 heteroatoms. The van der Waals surface area contributed by atoms with Crippen molar-refractivity contribution in [2.75, 3.05) is 7.11 Å². The second-order valence-corrected chi connectivity index (χ2v) is 2.89. The molecule has 12 heavy (non-hydrogen) atoms. The highest BCUT2D eigenvalue weighted by Crippen LogP contribution is 2.03. The third kappa shape index (κ3) is 1.74. The SMILES string of the molecule is COC(C(=O)O)C1=NS(=N)N=C1. The number of carboxylic acid groups (broad SMARTS) is 1. The fraction of sp³-hybridized carbons (Fsp3) is 0.400. The number of hydrogen-bond donors (Lipinski definition) is 2. The molecule has 0 aromatic carbocycles. The van der Waals surface area contributed by atoms with E-state index in [0.29, 0.717) is 0 Å². The fourth-order valence-corrected chi connectivity index (χ4v) is 1.31. The Morgan fingerprint density at radius 1 is 1.92 bits per heavy atom. The van der Waals surface area contributed by atoms with E-state index >= 15 is 0 Å². The van der Waals surface area contributed by atoms with E-state index in [9.17, 15) is 4.79 Å². The Morgan fingerprint density at radius 3 is 2.92 bits per heavy atom. The lowest BCUT2D eigenvalue weighted by Gasteiger charge is -2.05. The highest BCUT2D eigenvalue weighted by atomic mass is 32.2. The minimum atomic E-state index is -1.18. The molecule has 6 nitrogen and oxygen atoms in total. The van der Waals surface area contributed by atoms with E-state index in [1.807, 2.05) is 0 Å². The zero-order chi connectivity index (χ0) is 9.14. The van der Waals surface area contributed by atoms with Gasteiger partial charge in [-0.05, 0) is 0 Å². The van der Waals surface area contributed by atoms with Crippen molar-refractivity contribution in [3.05, 3.63) is 0 Å². The van der Waals surface area contributed by atoms with Crippen molar-refractivity contribution < 1.29 is 14.6 Å². The maximum Gasteiger partial charge on any atom is 0.339 e. The standard InChI is InChI=1S/C5H7N3O3S/c1-11-4(5(9)10)3-2-7-12(6)8-3/h2,4,6H,1H3,(H,9,10). The van der Waals surface area contributed by atoms with Crippen LogP contribution in [0.2, 0.25) is 0 Å². The molecule has 1 aliphatic rings. The number of carbonyl (C=O) groups is 1. The number of nitrogens with one attached hydrogen (secondary N) is 1. The Balaban J connectivity index is 2.81. The Bertz CT molecular complexity index is 286. The molecule has 1 rings (SSSR count). The van der Waals surface area contributed by atoms with Crippen LogP contribution in [0.25, 0.3) is 0 Å². The maximum absolute atomic E-state index is 10.5. The molecule has 0 aromatic heterocycles. The molecule has 66 valence electrons. The molecular weight excluding hydrogens is 182 g/mol. The molecule has 0 saturated carbocycles. The molecule has 0 amide bonds. The van der Waals surface area contributed by atoms with Gasteiger partial charge in [-0.1, -0.05) is 0 Å². The minimum Gasteiger partial charge on any atom is -0.479 e. The third-order valence-electron chi connectivity index (χ3n) is 1.21. The number of hydrogen-bond acceptors (Lipinski definition) is 3. The van der Waals surface area contributed by atoms with Crippen molar-refractivity contribution >= 4 is 29.0 Å². The molecule has 2 unspecified atom stereocenters. The molecule has 1 heterocycles. The zero-order valence-electron chi connectivity index (χ0n) is 6.22. The summed E-state index contributed by atoms with van der Waals surface area (Å²) in [4.78, 5) is 10.5. The molecule has 0 bridgehead atoms. The van der Waals surface area contributed by atoms with Gasteiger partial charge < -0.3 is 9.84 Å². The molecule has 0 aliphatic carbocycles. The Labute approximate surface area is 71.1 Å². The molecular formula is C5H7N3O3S. The van der Waals surface area contributed by atoms with Gasteiger partial charge in [-0.15, -0.1) is 0 Å². The summed E-state index contributed by atoms with van der Waals surface area (Å²) in [7, 11) is 1.27. The first-order valence-electron chi connectivity index (χ1n) is 2.99. The lowest BCUT2D eigenvalue weighted by Crippen LogP contribution is -2.31. The first kappa shape index (κ1) is 9.01. The van der Waals surface area contributed by atoms with E-state index in [1.54, 1.807) is 0 Å². The van der Waals surface area contributed by atoms with Gasteiger partial charge in [0.1, 0.15) is 16.8 Å².